The van der Waals surface area contributed by atoms with Crippen LogP contribution in [0.4, 0.5) is 5.69 Å². The lowest BCUT2D eigenvalue weighted by Crippen LogP contribution is -2.41. The maximum atomic E-state index is 9.80. The van der Waals surface area contributed by atoms with Gasteiger partial charge in [-0.2, -0.15) is 0 Å². The van der Waals surface area contributed by atoms with Crippen LogP contribution in [0.5, 0.6) is 5.75 Å². The second-order valence-electron chi connectivity index (χ2n) is 4.48. The van der Waals surface area contributed by atoms with Crippen molar-refractivity contribution in [2.45, 2.75) is 25.4 Å². The number of benzene rings is 1. The fraction of sp³-hybridized carbons (Fsp3) is 0.500. The first-order valence-electron chi connectivity index (χ1n) is 5.52. The van der Waals surface area contributed by atoms with Crippen molar-refractivity contribution in [2.75, 3.05) is 18.0 Å². The smallest absolute Gasteiger partial charge is 0.120 e. The van der Waals surface area contributed by atoms with Crippen LogP contribution in [-0.2, 0) is 12.8 Å². The predicted octanol–water partition coefficient (Wildman–Crippen LogP) is 1.06. The molecule has 2 N–H and O–H groups in total. The van der Waals surface area contributed by atoms with Gasteiger partial charge in [-0.25, -0.2) is 0 Å². The fourth-order valence-corrected chi connectivity index (χ4v) is 2.78. The Balaban J connectivity index is 2.19. The van der Waals surface area contributed by atoms with Crippen LogP contribution in [0, 0.1) is 0 Å². The second-order valence-corrected chi connectivity index (χ2v) is 4.48. The van der Waals surface area contributed by atoms with Crippen molar-refractivity contribution >= 4 is 5.69 Å². The minimum absolute atomic E-state index is 0.333. The van der Waals surface area contributed by atoms with Crippen molar-refractivity contribution < 1.29 is 10.2 Å². The van der Waals surface area contributed by atoms with Gasteiger partial charge in [0.25, 0.3) is 0 Å². The number of hydrogen-bond donors (Lipinski definition) is 2. The molecule has 2 heterocycles. The number of hydrogen-bond acceptors (Lipinski definition) is 3. The molecule has 0 amide bonds. The fourth-order valence-electron chi connectivity index (χ4n) is 2.78. The molecule has 0 bridgehead atoms. The third kappa shape index (κ3) is 1.30. The second kappa shape index (κ2) is 3.14. The predicted molar refractivity (Wildman–Crippen MR) is 58.4 cm³/mol. The Bertz CT molecular complexity index is 403. The van der Waals surface area contributed by atoms with Crippen LogP contribution in [-0.4, -0.2) is 29.4 Å². The Kier molecular flexibility index (Phi) is 1.89. The lowest BCUT2D eigenvalue weighted by atomic mass is 9.90. The monoisotopic (exact) mass is 205 g/mol. The number of nitrogens with zero attached hydrogens (tertiary/aromatic N) is 1. The Morgan fingerprint density at radius 3 is 3.07 bits per heavy atom. The maximum Gasteiger partial charge on any atom is 0.120 e. The summed E-state index contributed by atoms with van der Waals surface area (Å²) in [5.74, 6) is 0.333. The van der Waals surface area contributed by atoms with Gasteiger partial charge in [0.1, 0.15) is 5.75 Å². The first-order chi connectivity index (χ1) is 7.25. The molecule has 3 nitrogen and oxygen atoms in total. The van der Waals surface area contributed by atoms with Gasteiger partial charge in [-0.1, -0.05) is 6.07 Å². The molecule has 0 saturated carbocycles. The van der Waals surface area contributed by atoms with E-state index in [0.717, 1.165) is 24.9 Å². The molecule has 2 aliphatic rings. The van der Waals surface area contributed by atoms with E-state index in [1.807, 2.05) is 6.07 Å². The standard InChI is InChI=1S/C12H15NO2/c14-9-6-10-11(15)4-3-8-2-1-5-13(7-9)12(8)10/h3-4,9,14-15H,1-2,5-7H2. The summed E-state index contributed by atoms with van der Waals surface area (Å²) in [5, 5.41) is 19.5. The van der Waals surface area contributed by atoms with E-state index in [0.29, 0.717) is 18.7 Å². The van der Waals surface area contributed by atoms with Gasteiger partial charge in [-0.15, -0.1) is 0 Å². The number of rotatable bonds is 0. The number of aromatic hydroxyl groups is 1. The quantitative estimate of drug-likeness (QED) is 0.665. The Hall–Kier alpha value is -1.22. The summed E-state index contributed by atoms with van der Waals surface area (Å²) in [6.45, 7) is 1.71. The highest BCUT2D eigenvalue weighted by Crippen LogP contribution is 2.39. The van der Waals surface area contributed by atoms with Gasteiger partial charge in [0.2, 0.25) is 0 Å². The third-order valence-electron chi connectivity index (χ3n) is 3.40. The van der Waals surface area contributed by atoms with Gasteiger partial charge < -0.3 is 15.1 Å². The van der Waals surface area contributed by atoms with Crippen LogP contribution in [0.15, 0.2) is 12.1 Å². The normalized spacial score (nSPS) is 23.8. The molecule has 80 valence electrons. The van der Waals surface area contributed by atoms with Gasteiger partial charge in [0.15, 0.2) is 0 Å². The molecule has 0 aromatic heterocycles. The van der Waals surface area contributed by atoms with Crippen LogP contribution in [0.2, 0.25) is 0 Å². The van der Waals surface area contributed by atoms with Gasteiger partial charge in [0, 0.05) is 30.8 Å². The van der Waals surface area contributed by atoms with Crippen molar-refractivity contribution in [1.29, 1.82) is 0 Å². The number of anilines is 1. The molecule has 2 aliphatic heterocycles. The van der Waals surface area contributed by atoms with E-state index in [4.69, 9.17) is 0 Å². The molecular formula is C12H15NO2. The first kappa shape index (κ1) is 9.04. The number of phenols is 1. The Morgan fingerprint density at radius 2 is 2.20 bits per heavy atom. The maximum absolute atomic E-state index is 9.80. The minimum Gasteiger partial charge on any atom is -0.508 e. The first-order valence-corrected chi connectivity index (χ1v) is 5.52. The highest BCUT2D eigenvalue weighted by molar-refractivity contribution is 5.67. The lowest BCUT2D eigenvalue weighted by molar-refractivity contribution is 0.173. The van der Waals surface area contributed by atoms with Crippen molar-refractivity contribution in [2.24, 2.45) is 0 Å². The van der Waals surface area contributed by atoms with Crippen molar-refractivity contribution in [3.05, 3.63) is 23.3 Å². The molecule has 1 aromatic carbocycles. The number of phenolic OH excluding ortho intramolecular Hbond substituents is 1. The highest BCUT2D eigenvalue weighted by Gasteiger charge is 2.29. The van der Waals surface area contributed by atoms with Gasteiger partial charge in [0.05, 0.1) is 6.10 Å². The molecule has 3 heteroatoms. The molecule has 1 aromatic rings. The van der Waals surface area contributed by atoms with Crippen molar-refractivity contribution in [3.63, 3.8) is 0 Å². The van der Waals surface area contributed by atoms with E-state index < -0.39 is 0 Å². The summed E-state index contributed by atoms with van der Waals surface area (Å²) in [7, 11) is 0. The zero-order valence-electron chi connectivity index (χ0n) is 8.61. The largest absolute Gasteiger partial charge is 0.508 e. The number of aryl methyl sites for hydroxylation is 1. The SMILES string of the molecule is Oc1ccc2c3c1CC(O)CN3CCC2. The summed E-state index contributed by atoms with van der Waals surface area (Å²) in [6.07, 6.45) is 2.49. The summed E-state index contributed by atoms with van der Waals surface area (Å²) in [6, 6.07) is 3.77. The van der Waals surface area contributed by atoms with E-state index in [1.165, 1.54) is 11.3 Å². The lowest BCUT2D eigenvalue weighted by Gasteiger charge is -2.39. The van der Waals surface area contributed by atoms with Crippen LogP contribution in [0.25, 0.3) is 0 Å². The molecular weight excluding hydrogens is 190 g/mol. The molecule has 0 spiro atoms. The Morgan fingerprint density at radius 1 is 1.33 bits per heavy atom. The minimum atomic E-state index is -0.336. The van der Waals surface area contributed by atoms with Gasteiger partial charge >= 0.3 is 0 Å². The third-order valence-corrected chi connectivity index (χ3v) is 3.40. The van der Waals surface area contributed by atoms with E-state index in [9.17, 15) is 10.2 Å². The van der Waals surface area contributed by atoms with E-state index in [1.54, 1.807) is 6.07 Å². The van der Waals surface area contributed by atoms with Gasteiger partial charge in [-0.3, -0.25) is 0 Å². The van der Waals surface area contributed by atoms with Crippen LogP contribution < -0.4 is 4.90 Å². The highest BCUT2D eigenvalue weighted by atomic mass is 16.3. The van der Waals surface area contributed by atoms with Gasteiger partial charge in [-0.05, 0) is 24.5 Å². The van der Waals surface area contributed by atoms with Crippen LogP contribution >= 0.6 is 0 Å². The molecule has 0 aliphatic carbocycles. The van der Waals surface area contributed by atoms with Crippen LogP contribution in [0.3, 0.4) is 0 Å². The molecule has 0 radical (unpaired) electrons. The number of aliphatic hydroxyl groups is 1. The van der Waals surface area contributed by atoms with Crippen molar-refractivity contribution in [1.82, 2.24) is 0 Å². The zero-order chi connectivity index (χ0) is 10.4. The molecule has 0 saturated heterocycles. The summed E-state index contributed by atoms with van der Waals surface area (Å²) >= 11 is 0. The van der Waals surface area contributed by atoms with E-state index in [-0.39, 0.29) is 6.10 Å². The van der Waals surface area contributed by atoms with E-state index >= 15 is 0 Å². The molecule has 0 fully saturated rings. The molecule has 3 rings (SSSR count). The summed E-state index contributed by atoms with van der Waals surface area (Å²) in [4.78, 5) is 2.21. The molecule has 1 atom stereocenters. The molecule has 15 heavy (non-hydrogen) atoms. The topological polar surface area (TPSA) is 43.7 Å². The van der Waals surface area contributed by atoms with E-state index in [2.05, 4.69) is 4.90 Å². The van der Waals surface area contributed by atoms with Crippen LogP contribution in [0.1, 0.15) is 17.5 Å². The Labute approximate surface area is 89.0 Å². The average molecular weight is 205 g/mol. The summed E-state index contributed by atoms with van der Waals surface area (Å²) < 4.78 is 0. The summed E-state index contributed by atoms with van der Waals surface area (Å²) in [5.41, 5.74) is 3.44. The number of aliphatic hydroxyl groups excluding tert-OH is 1. The molecule has 1 unspecified atom stereocenters. The zero-order valence-corrected chi connectivity index (χ0v) is 8.61. The average Bonchev–Trinajstić information content (AvgIpc) is 2.23. The van der Waals surface area contributed by atoms with Crippen molar-refractivity contribution in [3.8, 4) is 5.75 Å².